The van der Waals surface area contributed by atoms with E-state index in [1.54, 1.807) is 6.07 Å². The van der Waals surface area contributed by atoms with Crippen molar-refractivity contribution >= 4 is 33.0 Å². The molecule has 2 rings (SSSR count). The van der Waals surface area contributed by atoms with E-state index >= 15 is 0 Å². The first kappa shape index (κ1) is 17.0. The van der Waals surface area contributed by atoms with Crippen molar-refractivity contribution in [2.24, 2.45) is 0 Å². The van der Waals surface area contributed by atoms with Crippen LogP contribution in [0.15, 0.2) is 41.3 Å². The van der Waals surface area contributed by atoms with Gasteiger partial charge in [-0.25, -0.2) is 12.8 Å². The number of ether oxygens (including phenoxy) is 1. The summed E-state index contributed by atoms with van der Waals surface area (Å²) in [5.41, 5.74) is -0.534. The minimum Gasteiger partial charge on any atom is -0.497 e. The van der Waals surface area contributed by atoms with E-state index in [9.17, 15) is 22.9 Å². The quantitative estimate of drug-likeness (QED) is 0.652. The van der Waals surface area contributed by atoms with Crippen LogP contribution in [0.4, 0.5) is 15.8 Å². The first-order chi connectivity index (χ1) is 10.7. The fourth-order valence-electron chi connectivity index (χ4n) is 1.75. The molecule has 2 aromatic rings. The second-order valence-electron chi connectivity index (χ2n) is 4.33. The predicted molar refractivity (Wildman–Crippen MR) is 81.9 cm³/mol. The number of rotatable bonds is 5. The molecule has 10 heteroatoms. The lowest BCUT2D eigenvalue weighted by Gasteiger charge is -2.10. The third kappa shape index (κ3) is 3.69. The lowest BCUT2D eigenvalue weighted by molar-refractivity contribution is -0.385. The van der Waals surface area contributed by atoms with Crippen LogP contribution in [0.25, 0.3) is 0 Å². The van der Waals surface area contributed by atoms with E-state index in [4.69, 9.17) is 16.3 Å². The number of nitrogens with one attached hydrogen (secondary N) is 1. The molecule has 0 radical (unpaired) electrons. The highest BCUT2D eigenvalue weighted by Crippen LogP contribution is 2.30. The molecule has 0 bridgehead atoms. The van der Waals surface area contributed by atoms with E-state index in [-0.39, 0.29) is 5.69 Å². The van der Waals surface area contributed by atoms with Gasteiger partial charge in [-0.15, -0.1) is 0 Å². The van der Waals surface area contributed by atoms with Gasteiger partial charge in [0.05, 0.1) is 22.7 Å². The van der Waals surface area contributed by atoms with Gasteiger partial charge in [0.25, 0.3) is 15.7 Å². The second-order valence-corrected chi connectivity index (χ2v) is 6.39. The van der Waals surface area contributed by atoms with Crippen molar-refractivity contribution in [1.82, 2.24) is 0 Å². The van der Waals surface area contributed by atoms with E-state index in [0.29, 0.717) is 11.8 Å². The average molecular weight is 361 g/mol. The van der Waals surface area contributed by atoms with Gasteiger partial charge in [0.1, 0.15) is 10.6 Å². The average Bonchev–Trinajstić information content (AvgIpc) is 2.49. The van der Waals surface area contributed by atoms with Gasteiger partial charge in [0, 0.05) is 18.2 Å². The van der Waals surface area contributed by atoms with Crippen LogP contribution in [0.5, 0.6) is 5.75 Å². The molecule has 23 heavy (non-hydrogen) atoms. The van der Waals surface area contributed by atoms with E-state index < -0.39 is 36.4 Å². The number of methoxy groups -OCH3 is 1. The highest BCUT2D eigenvalue weighted by molar-refractivity contribution is 7.92. The maximum Gasteiger partial charge on any atom is 0.272 e. The number of benzene rings is 2. The van der Waals surface area contributed by atoms with Crippen molar-refractivity contribution in [2.45, 2.75) is 4.90 Å². The van der Waals surface area contributed by atoms with Crippen LogP contribution in [-0.4, -0.2) is 20.5 Å². The number of hydrogen-bond donors (Lipinski definition) is 1. The van der Waals surface area contributed by atoms with Gasteiger partial charge in [-0.2, -0.15) is 0 Å². The van der Waals surface area contributed by atoms with Gasteiger partial charge in [0.15, 0.2) is 5.82 Å². The SMILES string of the molecule is COc1cccc(NS(=O)(=O)c2cc([N+](=O)[O-])cc(Cl)c2F)c1. The summed E-state index contributed by atoms with van der Waals surface area (Å²) in [6, 6.07) is 7.23. The zero-order chi connectivity index (χ0) is 17.2. The minimum absolute atomic E-state index is 0.103. The van der Waals surface area contributed by atoms with Crippen LogP contribution in [0, 0.1) is 15.9 Å². The van der Waals surface area contributed by atoms with Crippen LogP contribution >= 0.6 is 11.6 Å². The van der Waals surface area contributed by atoms with E-state index in [1.807, 2.05) is 0 Å². The molecule has 0 atom stereocenters. The van der Waals surface area contributed by atoms with Crippen molar-refractivity contribution in [3.8, 4) is 5.75 Å². The molecule has 0 fully saturated rings. The number of nitro benzene ring substituents is 1. The Hall–Kier alpha value is -2.39. The number of hydrogen-bond acceptors (Lipinski definition) is 5. The molecule has 0 aliphatic heterocycles. The molecule has 0 spiro atoms. The topological polar surface area (TPSA) is 98.5 Å². The van der Waals surface area contributed by atoms with Gasteiger partial charge in [-0.3, -0.25) is 14.8 Å². The molecule has 0 saturated carbocycles. The van der Waals surface area contributed by atoms with Crippen LogP contribution < -0.4 is 9.46 Å². The van der Waals surface area contributed by atoms with Crippen molar-refractivity contribution in [2.75, 3.05) is 11.8 Å². The Morgan fingerprint density at radius 2 is 2.00 bits per heavy atom. The van der Waals surface area contributed by atoms with E-state index in [0.717, 1.165) is 6.07 Å². The van der Waals surface area contributed by atoms with Crippen molar-refractivity contribution in [3.63, 3.8) is 0 Å². The molecule has 0 heterocycles. The smallest absolute Gasteiger partial charge is 0.272 e. The van der Waals surface area contributed by atoms with Crippen molar-refractivity contribution in [1.29, 1.82) is 0 Å². The lowest BCUT2D eigenvalue weighted by atomic mass is 10.3. The third-order valence-corrected chi connectivity index (χ3v) is 4.46. The minimum atomic E-state index is -4.42. The molecule has 0 aromatic heterocycles. The summed E-state index contributed by atoms with van der Waals surface area (Å²) >= 11 is 5.53. The molecule has 1 N–H and O–H groups in total. The second kappa shape index (κ2) is 6.39. The molecule has 0 amide bonds. The number of non-ortho nitro benzene ring substituents is 1. The maximum atomic E-state index is 14.0. The molecular weight excluding hydrogens is 351 g/mol. The summed E-state index contributed by atoms with van der Waals surface area (Å²) in [4.78, 5) is 9.00. The van der Waals surface area contributed by atoms with Crippen molar-refractivity contribution in [3.05, 3.63) is 57.4 Å². The maximum absolute atomic E-state index is 14.0. The molecule has 0 unspecified atom stereocenters. The first-order valence-electron chi connectivity index (χ1n) is 6.05. The lowest BCUT2D eigenvalue weighted by Crippen LogP contribution is -2.15. The molecule has 2 aromatic carbocycles. The van der Waals surface area contributed by atoms with Crippen LogP contribution in [0.3, 0.4) is 0 Å². The zero-order valence-corrected chi connectivity index (χ0v) is 13.2. The van der Waals surface area contributed by atoms with Crippen molar-refractivity contribution < 1.29 is 22.5 Å². The van der Waals surface area contributed by atoms with Crippen LogP contribution in [0.2, 0.25) is 5.02 Å². The summed E-state index contributed by atoms with van der Waals surface area (Å²) < 4.78 is 45.6. The summed E-state index contributed by atoms with van der Waals surface area (Å²) in [5, 5.41) is 10.1. The molecule has 122 valence electrons. The zero-order valence-electron chi connectivity index (χ0n) is 11.6. The molecule has 0 saturated heterocycles. The molecule has 7 nitrogen and oxygen atoms in total. The standard InChI is InChI=1S/C13H10ClFN2O5S/c1-22-10-4-2-3-8(5-10)16-23(20,21)12-7-9(17(18)19)6-11(14)13(12)15/h2-7,16H,1H3. The Bertz CT molecular complexity index is 873. The Labute approximate surface area is 135 Å². The number of sulfonamides is 1. The Morgan fingerprint density at radius 1 is 1.30 bits per heavy atom. The number of nitrogens with zero attached hydrogens (tertiary/aromatic N) is 1. The predicted octanol–water partition coefficient (Wildman–Crippen LogP) is 3.20. The number of anilines is 1. The van der Waals surface area contributed by atoms with Crippen LogP contribution in [0.1, 0.15) is 0 Å². The summed E-state index contributed by atoms with van der Waals surface area (Å²) in [6.45, 7) is 0. The van der Waals surface area contributed by atoms with Gasteiger partial charge in [-0.1, -0.05) is 17.7 Å². The fraction of sp³-hybridized carbons (Fsp3) is 0.0769. The fourth-order valence-corrected chi connectivity index (χ4v) is 3.19. The summed E-state index contributed by atoms with van der Waals surface area (Å²) in [6.07, 6.45) is 0. The van der Waals surface area contributed by atoms with Gasteiger partial charge >= 0.3 is 0 Å². The monoisotopic (exact) mass is 360 g/mol. The number of nitro groups is 1. The van der Waals surface area contributed by atoms with Crippen LogP contribution in [-0.2, 0) is 10.0 Å². The molecule has 0 aliphatic rings. The number of halogens is 2. The highest BCUT2D eigenvalue weighted by atomic mass is 35.5. The Balaban J connectivity index is 2.49. The molecule has 0 aliphatic carbocycles. The normalized spacial score (nSPS) is 11.1. The highest BCUT2D eigenvalue weighted by Gasteiger charge is 2.25. The molecular formula is C13H10ClFN2O5S. The van der Waals surface area contributed by atoms with E-state index in [2.05, 4.69) is 4.72 Å². The first-order valence-corrected chi connectivity index (χ1v) is 7.91. The van der Waals surface area contributed by atoms with Gasteiger partial charge in [0.2, 0.25) is 0 Å². The summed E-state index contributed by atoms with van der Waals surface area (Å²) in [5.74, 6) is -0.893. The third-order valence-electron chi connectivity index (χ3n) is 2.80. The Kier molecular flexibility index (Phi) is 4.71. The van der Waals surface area contributed by atoms with Gasteiger partial charge < -0.3 is 4.74 Å². The van der Waals surface area contributed by atoms with E-state index in [1.165, 1.54) is 25.3 Å². The largest absolute Gasteiger partial charge is 0.497 e. The Morgan fingerprint density at radius 3 is 2.61 bits per heavy atom. The summed E-state index contributed by atoms with van der Waals surface area (Å²) in [7, 11) is -3.02. The van der Waals surface area contributed by atoms with Gasteiger partial charge in [-0.05, 0) is 12.1 Å².